The number of hydrogen-bond acceptors (Lipinski definition) is 2. The van der Waals surface area contributed by atoms with Crippen LogP contribution in [0.5, 0.6) is 0 Å². The summed E-state index contributed by atoms with van der Waals surface area (Å²) in [4.78, 5) is 0. The van der Waals surface area contributed by atoms with Gasteiger partial charge in [0.2, 0.25) is 0 Å². The fraction of sp³-hybridized carbons (Fsp3) is 0.538. The average Bonchev–Trinajstić information content (AvgIpc) is 3.14. The highest BCUT2D eigenvalue weighted by Gasteiger charge is 2.20. The van der Waals surface area contributed by atoms with Gasteiger partial charge in [-0.3, -0.25) is 0 Å². The highest BCUT2D eigenvalue weighted by molar-refractivity contribution is 6.31. The quantitative estimate of drug-likeness (QED) is 0.733. The molecule has 0 unspecified atom stereocenters. The van der Waals surface area contributed by atoms with Gasteiger partial charge in [0, 0.05) is 30.7 Å². The summed E-state index contributed by atoms with van der Waals surface area (Å²) in [5.41, 5.74) is 2.27. The maximum absolute atomic E-state index is 12.0. The predicted molar refractivity (Wildman–Crippen MR) is 69.0 cm³/mol. The van der Waals surface area contributed by atoms with Gasteiger partial charge in [0.1, 0.15) is 6.67 Å². The Bertz CT molecular complexity index is 366. The van der Waals surface area contributed by atoms with Crippen molar-refractivity contribution in [2.24, 2.45) is 0 Å². The molecular weight excluding hydrogens is 239 g/mol. The van der Waals surface area contributed by atoms with Gasteiger partial charge in [0.25, 0.3) is 0 Å². The zero-order valence-electron chi connectivity index (χ0n) is 9.81. The molecule has 94 valence electrons. The second-order valence-corrected chi connectivity index (χ2v) is 4.85. The van der Waals surface area contributed by atoms with Gasteiger partial charge in [-0.15, -0.1) is 0 Å². The molecule has 2 rings (SSSR count). The van der Waals surface area contributed by atoms with Gasteiger partial charge in [0.15, 0.2) is 0 Å². The Morgan fingerprint density at radius 1 is 1.29 bits per heavy atom. The van der Waals surface area contributed by atoms with Gasteiger partial charge in [-0.2, -0.15) is 0 Å². The third-order valence-corrected chi connectivity index (χ3v) is 3.24. The van der Waals surface area contributed by atoms with E-state index in [0.717, 1.165) is 22.7 Å². The molecule has 1 aliphatic carbocycles. The molecule has 0 atom stereocenters. The Labute approximate surface area is 107 Å². The van der Waals surface area contributed by atoms with E-state index in [1.54, 1.807) is 0 Å². The molecule has 2 N–H and O–H groups in total. The first kappa shape index (κ1) is 12.8. The first-order valence-electron chi connectivity index (χ1n) is 6.07. The highest BCUT2D eigenvalue weighted by atomic mass is 35.5. The summed E-state index contributed by atoms with van der Waals surface area (Å²) in [5.74, 6) is 0. The zero-order chi connectivity index (χ0) is 12.1. The summed E-state index contributed by atoms with van der Waals surface area (Å²) in [5, 5.41) is 7.28. The minimum Gasteiger partial charge on any atom is -0.310 e. The molecular formula is C13H18ClFN2. The van der Waals surface area contributed by atoms with Crippen LogP contribution in [0.15, 0.2) is 18.2 Å². The minimum absolute atomic E-state index is 0.330. The number of hydrogen-bond donors (Lipinski definition) is 2. The third kappa shape index (κ3) is 4.26. The lowest BCUT2D eigenvalue weighted by molar-refractivity contribution is 0.467. The molecule has 0 radical (unpaired) electrons. The molecule has 0 aromatic heterocycles. The van der Waals surface area contributed by atoms with E-state index in [1.165, 1.54) is 12.8 Å². The number of halogens is 2. The van der Waals surface area contributed by atoms with Crippen molar-refractivity contribution in [3.05, 3.63) is 34.3 Å². The minimum atomic E-state index is -0.330. The molecule has 1 saturated carbocycles. The van der Waals surface area contributed by atoms with Crippen molar-refractivity contribution in [2.75, 3.05) is 13.2 Å². The van der Waals surface area contributed by atoms with Crippen LogP contribution in [0.3, 0.4) is 0 Å². The largest absolute Gasteiger partial charge is 0.310 e. The lowest BCUT2D eigenvalue weighted by Gasteiger charge is -2.09. The van der Waals surface area contributed by atoms with Crippen LogP contribution in [0, 0.1) is 0 Å². The molecule has 1 aromatic carbocycles. The molecule has 0 bridgehead atoms. The Kier molecular flexibility index (Phi) is 4.77. The Hall–Kier alpha value is -0.640. The van der Waals surface area contributed by atoms with Crippen LogP contribution in [0.1, 0.15) is 24.0 Å². The first-order valence-corrected chi connectivity index (χ1v) is 6.45. The number of benzene rings is 1. The van der Waals surface area contributed by atoms with Crippen molar-refractivity contribution in [3.8, 4) is 0 Å². The van der Waals surface area contributed by atoms with Crippen LogP contribution in [0.2, 0.25) is 5.02 Å². The molecule has 0 aliphatic heterocycles. The Morgan fingerprint density at radius 2 is 2.12 bits per heavy atom. The molecule has 2 nitrogen and oxygen atoms in total. The van der Waals surface area contributed by atoms with Crippen molar-refractivity contribution in [2.45, 2.75) is 32.0 Å². The van der Waals surface area contributed by atoms with Crippen molar-refractivity contribution in [1.82, 2.24) is 10.6 Å². The number of alkyl halides is 1. The average molecular weight is 257 g/mol. The van der Waals surface area contributed by atoms with Crippen LogP contribution in [0.4, 0.5) is 4.39 Å². The van der Waals surface area contributed by atoms with E-state index in [9.17, 15) is 4.39 Å². The molecule has 17 heavy (non-hydrogen) atoms. The Morgan fingerprint density at radius 3 is 2.82 bits per heavy atom. The first-order chi connectivity index (χ1) is 8.29. The van der Waals surface area contributed by atoms with Gasteiger partial charge in [-0.1, -0.05) is 23.7 Å². The second kappa shape index (κ2) is 6.34. The van der Waals surface area contributed by atoms with Gasteiger partial charge in [-0.25, -0.2) is 4.39 Å². The van der Waals surface area contributed by atoms with E-state index in [0.29, 0.717) is 19.1 Å². The topological polar surface area (TPSA) is 24.1 Å². The SMILES string of the molecule is FCCNCc1ccc(Cl)c(CNC2CC2)c1. The molecule has 1 fully saturated rings. The third-order valence-electron chi connectivity index (χ3n) is 2.87. The van der Waals surface area contributed by atoms with E-state index >= 15 is 0 Å². The summed E-state index contributed by atoms with van der Waals surface area (Å²) in [6.45, 7) is 1.58. The van der Waals surface area contributed by atoms with E-state index < -0.39 is 0 Å². The van der Waals surface area contributed by atoms with E-state index in [2.05, 4.69) is 16.7 Å². The van der Waals surface area contributed by atoms with E-state index in [4.69, 9.17) is 11.6 Å². The van der Waals surface area contributed by atoms with Gasteiger partial charge >= 0.3 is 0 Å². The van der Waals surface area contributed by atoms with Crippen molar-refractivity contribution in [1.29, 1.82) is 0 Å². The summed E-state index contributed by atoms with van der Waals surface area (Å²) in [6, 6.07) is 6.66. The van der Waals surface area contributed by atoms with Gasteiger partial charge < -0.3 is 10.6 Å². The summed E-state index contributed by atoms with van der Waals surface area (Å²) >= 11 is 6.14. The van der Waals surface area contributed by atoms with Crippen LogP contribution in [-0.2, 0) is 13.1 Å². The number of nitrogens with one attached hydrogen (secondary N) is 2. The van der Waals surface area contributed by atoms with Crippen molar-refractivity contribution >= 4 is 11.6 Å². The summed E-state index contributed by atoms with van der Waals surface area (Å²) < 4.78 is 12.0. The van der Waals surface area contributed by atoms with E-state index in [-0.39, 0.29) is 6.67 Å². The number of rotatable bonds is 7. The highest BCUT2D eigenvalue weighted by Crippen LogP contribution is 2.22. The standard InChI is InChI=1S/C13H18ClFN2/c14-13-4-1-10(8-16-6-5-15)7-11(13)9-17-12-2-3-12/h1,4,7,12,16-17H,2-3,5-6,8-9H2. The Balaban J connectivity index is 1.90. The smallest absolute Gasteiger partial charge is 0.102 e. The maximum atomic E-state index is 12.0. The van der Waals surface area contributed by atoms with E-state index in [1.807, 2.05) is 12.1 Å². The molecule has 4 heteroatoms. The summed E-state index contributed by atoms with van der Waals surface area (Å²) in [7, 11) is 0. The van der Waals surface area contributed by atoms with Gasteiger partial charge in [-0.05, 0) is 30.0 Å². The lowest BCUT2D eigenvalue weighted by Crippen LogP contribution is -2.18. The fourth-order valence-electron chi connectivity index (χ4n) is 1.71. The molecule has 0 spiro atoms. The lowest BCUT2D eigenvalue weighted by atomic mass is 10.1. The van der Waals surface area contributed by atoms with Crippen LogP contribution < -0.4 is 10.6 Å². The molecule has 0 amide bonds. The molecule has 0 heterocycles. The fourth-order valence-corrected chi connectivity index (χ4v) is 1.90. The zero-order valence-corrected chi connectivity index (χ0v) is 10.6. The monoisotopic (exact) mass is 256 g/mol. The summed E-state index contributed by atoms with van der Waals surface area (Å²) in [6.07, 6.45) is 2.55. The van der Waals surface area contributed by atoms with Crippen LogP contribution in [-0.4, -0.2) is 19.3 Å². The van der Waals surface area contributed by atoms with Crippen LogP contribution >= 0.6 is 11.6 Å². The molecule has 1 aliphatic rings. The second-order valence-electron chi connectivity index (χ2n) is 4.45. The maximum Gasteiger partial charge on any atom is 0.102 e. The predicted octanol–water partition coefficient (Wildman–Crippen LogP) is 2.65. The van der Waals surface area contributed by atoms with Crippen molar-refractivity contribution < 1.29 is 4.39 Å². The van der Waals surface area contributed by atoms with Gasteiger partial charge in [0.05, 0.1) is 0 Å². The molecule has 0 saturated heterocycles. The van der Waals surface area contributed by atoms with Crippen LogP contribution in [0.25, 0.3) is 0 Å². The normalized spacial score (nSPS) is 15.2. The molecule has 1 aromatic rings. The van der Waals surface area contributed by atoms with Crippen molar-refractivity contribution in [3.63, 3.8) is 0 Å².